The molecule has 1 aromatic heterocycles. The number of oxazole rings is 1. The Balaban J connectivity index is 1.77. The summed E-state index contributed by atoms with van der Waals surface area (Å²) in [5, 5.41) is 10.2. The highest BCUT2D eigenvalue weighted by atomic mass is 32.2. The van der Waals surface area contributed by atoms with Gasteiger partial charge in [-0.1, -0.05) is 6.07 Å². The standard InChI is InChI=1S/C15H17NO4S/c1-9-16-13-5-2-10(6-14(13)20-9)15(17)7-11-3-4-12(8-15)21(11,18)19/h2,5-6,11-12,17H,3-4,7-8H2,1H3. The first kappa shape index (κ1) is 13.3. The SMILES string of the molecule is Cc1nc2ccc(C3(O)CC4CCC(C3)S4(=O)=O)cc2o1. The molecule has 2 aliphatic heterocycles. The molecule has 2 saturated heterocycles. The first-order valence-corrected chi connectivity index (χ1v) is 8.82. The van der Waals surface area contributed by atoms with E-state index in [4.69, 9.17) is 4.42 Å². The van der Waals surface area contributed by atoms with Crippen molar-refractivity contribution in [1.82, 2.24) is 4.98 Å². The predicted octanol–water partition coefficient (Wildman–Crippen LogP) is 2.06. The first-order chi connectivity index (χ1) is 9.88. The lowest BCUT2D eigenvalue weighted by molar-refractivity contribution is 0.0174. The second-order valence-corrected chi connectivity index (χ2v) is 8.78. The molecule has 2 unspecified atom stereocenters. The molecule has 0 aliphatic carbocycles. The fourth-order valence-electron chi connectivity index (χ4n) is 3.81. The van der Waals surface area contributed by atoms with Gasteiger partial charge in [-0.05, 0) is 43.4 Å². The van der Waals surface area contributed by atoms with Gasteiger partial charge in [0.25, 0.3) is 0 Å². The minimum Gasteiger partial charge on any atom is -0.441 e. The Bertz CT molecular complexity index is 803. The van der Waals surface area contributed by atoms with Crippen LogP contribution in [0.3, 0.4) is 0 Å². The third-order valence-electron chi connectivity index (χ3n) is 4.90. The van der Waals surface area contributed by atoms with E-state index in [9.17, 15) is 13.5 Å². The van der Waals surface area contributed by atoms with E-state index in [1.807, 2.05) is 12.1 Å². The molecule has 4 rings (SSSR count). The van der Waals surface area contributed by atoms with Crippen LogP contribution in [0.15, 0.2) is 22.6 Å². The minimum atomic E-state index is -3.04. The van der Waals surface area contributed by atoms with E-state index in [0.29, 0.717) is 24.3 Å². The maximum atomic E-state index is 12.2. The maximum Gasteiger partial charge on any atom is 0.192 e. The highest BCUT2D eigenvalue weighted by Gasteiger charge is 2.53. The molecule has 0 spiro atoms. The van der Waals surface area contributed by atoms with E-state index in [-0.39, 0.29) is 12.8 Å². The molecule has 2 aliphatic rings. The van der Waals surface area contributed by atoms with Crippen molar-refractivity contribution in [2.45, 2.75) is 48.7 Å². The van der Waals surface area contributed by atoms with Gasteiger partial charge in [0, 0.05) is 6.92 Å². The largest absolute Gasteiger partial charge is 0.441 e. The summed E-state index contributed by atoms with van der Waals surface area (Å²) in [7, 11) is -3.04. The number of benzene rings is 1. The lowest BCUT2D eigenvalue weighted by Crippen LogP contribution is -2.43. The third kappa shape index (κ3) is 1.85. The molecular formula is C15H17NO4S. The lowest BCUT2D eigenvalue weighted by atomic mass is 9.86. The molecule has 6 heteroatoms. The van der Waals surface area contributed by atoms with Crippen LogP contribution in [0, 0.1) is 6.92 Å². The van der Waals surface area contributed by atoms with Crippen molar-refractivity contribution in [2.75, 3.05) is 0 Å². The summed E-state index contributed by atoms with van der Waals surface area (Å²) in [4.78, 5) is 4.24. The molecule has 1 aromatic carbocycles. The lowest BCUT2D eigenvalue weighted by Gasteiger charge is -2.36. The van der Waals surface area contributed by atoms with Gasteiger partial charge in [0.1, 0.15) is 5.52 Å². The van der Waals surface area contributed by atoms with Gasteiger partial charge in [-0.15, -0.1) is 0 Å². The number of rotatable bonds is 1. The summed E-state index contributed by atoms with van der Waals surface area (Å²) >= 11 is 0. The number of hydrogen-bond acceptors (Lipinski definition) is 5. The Morgan fingerprint density at radius 2 is 1.95 bits per heavy atom. The van der Waals surface area contributed by atoms with Crippen LogP contribution in [0.25, 0.3) is 11.1 Å². The van der Waals surface area contributed by atoms with Gasteiger partial charge in [0.05, 0.1) is 16.1 Å². The van der Waals surface area contributed by atoms with Gasteiger partial charge in [-0.3, -0.25) is 0 Å². The summed E-state index contributed by atoms with van der Waals surface area (Å²) in [5.41, 5.74) is 1.05. The monoisotopic (exact) mass is 307 g/mol. The summed E-state index contributed by atoms with van der Waals surface area (Å²) in [6.07, 6.45) is 1.90. The Morgan fingerprint density at radius 3 is 2.62 bits per heavy atom. The smallest absolute Gasteiger partial charge is 0.192 e. The molecule has 1 N–H and O–H groups in total. The van der Waals surface area contributed by atoms with Crippen LogP contribution in [-0.4, -0.2) is 29.0 Å². The normalized spacial score (nSPS) is 34.4. The molecule has 5 nitrogen and oxygen atoms in total. The van der Waals surface area contributed by atoms with Crippen molar-refractivity contribution < 1.29 is 17.9 Å². The van der Waals surface area contributed by atoms with Crippen LogP contribution in [0.4, 0.5) is 0 Å². The quantitative estimate of drug-likeness (QED) is 0.872. The summed E-state index contributed by atoms with van der Waals surface area (Å²) in [5.74, 6) is 0.584. The zero-order valence-electron chi connectivity index (χ0n) is 11.7. The number of fused-ring (bicyclic) bond motifs is 3. The molecule has 0 saturated carbocycles. The highest BCUT2D eigenvalue weighted by molar-refractivity contribution is 7.93. The van der Waals surface area contributed by atoms with Crippen molar-refractivity contribution in [2.24, 2.45) is 0 Å². The molecule has 2 fully saturated rings. The summed E-state index contributed by atoms with van der Waals surface area (Å²) < 4.78 is 29.9. The number of aryl methyl sites for hydroxylation is 1. The Labute approximate surface area is 122 Å². The number of hydrogen-bond donors (Lipinski definition) is 1. The van der Waals surface area contributed by atoms with Gasteiger partial charge in [0.15, 0.2) is 21.3 Å². The molecule has 2 atom stereocenters. The predicted molar refractivity (Wildman–Crippen MR) is 77.6 cm³/mol. The molecule has 2 aromatic rings. The zero-order valence-corrected chi connectivity index (χ0v) is 12.6. The van der Waals surface area contributed by atoms with Crippen LogP contribution in [0.1, 0.15) is 37.1 Å². The average Bonchev–Trinajstić information content (AvgIpc) is 2.82. The van der Waals surface area contributed by atoms with Crippen LogP contribution in [0.2, 0.25) is 0 Å². The van der Waals surface area contributed by atoms with E-state index in [1.165, 1.54) is 0 Å². The van der Waals surface area contributed by atoms with Crippen LogP contribution < -0.4 is 0 Å². The average molecular weight is 307 g/mol. The number of aromatic nitrogens is 1. The van der Waals surface area contributed by atoms with Crippen molar-refractivity contribution in [1.29, 1.82) is 0 Å². The summed E-state index contributed by atoms with van der Waals surface area (Å²) in [6.45, 7) is 1.78. The number of sulfone groups is 1. The van der Waals surface area contributed by atoms with E-state index in [0.717, 1.165) is 11.1 Å². The Morgan fingerprint density at radius 1 is 1.29 bits per heavy atom. The van der Waals surface area contributed by atoms with Crippen molar-refractivity contribution in [3.8, 4) is 0 Å². The Kier molecular flexibility index (Phi) is 2.58. The van der Waals surface area contributed by atoms with E-state index in [2.05, 4.69) is 4.98 Å². The molecule has 21 heavy (non-hydrogen) atoms. The van der Waals surface area contributed by atoms with Gasteiger partial charge in [-0.25, -0.2) is 13.4 Å². The van der Waals surface area contributed by atoms with Crippen LogP contribution in [0.5, 0.6) is 0 Å². The zero-order chi connectivity index (χ0) is 14.8. The minimum absolute atomic E-state index is 0.282. The van der Waals surface area contributed by atoms with Gasteiger partial charge in [0.2, 0.25) is 0 Å². The molecule has 0 amide bonds. The van der Waals surface area contributed by atoms with Gasteiger partial charge in [-0.2, -0.15) is 0 Å². The molecule has 2 bridgehead atoms. The highest BCUT2D eigenvalue weighted by Crippen LogP contribution is 2.47. The van der Waals surface area contributed by atoms with Crippen molar-refractivity contribution in [3.63, 3.8) is 0 Å². The van der Waals surface area contributed by atoms with Gasteiger partial charge < -0.3 is 9.52 Å². The molecule has 3 heterocycles. The van der Waals surface area contributed by atoms with E-state index >= 15 is 0 Å². The number of aliphatic hydroxyl groups is 1. The molecular weight excluding hydrogens is 290 g/mol. The second kappa shape index (κ2) is 4.08. The third-order valence-corrected chi connectivity index (χ3v) is 7.57. The van der Waals surface area contributed by atoms with Crippen LogP contribution in [-0.2, 0) is 15.4 Å². The first-order valence-electron chi connectivity index (χ1n) is 7.21. The summed E-state index contributed by atoms with van der Waals surface area (Å²) in [6, 6.07) is 5.46. The fraction of sp³-hybridized carbons (Fsp3) is 0.533. The topological polar surface area (TPSA) is 80.4 Å². The van der Waals surface area contributed by atoms with Crippen LogP contribution >= 0.6 is 0 Å². The fourth-order valence-corrected chi connectivity index (χ4v) is 6.30. The Hall–Kier alpha value is -1.40. The van der Waals surface area contributed by atoms with Gasteiger partial charge >= 0.3 is 0 Å². The number of nitrogens with zero attached hydrogens (tertiary/aromatic N) is 1. The second-order valence-electron chi connectivity index (χ2n) is 6.27. The maximum absolute atomic E-state index is 12.2. The molecule has 112 valence electrons. The molecule has 0 radical (unpaired) electrons. The van der Waals surface area contributed by atoms with E-state index < -0.39 is 25.9 Å². The van der Waals surface area contributed by atoms with Crippen molar-refractivity contribution >= 4 is 20.9 Å². The van der Waals surface area contributed by atoms with Crippen molar-refractivity contribution in [3.05, 3.63) is 29.7 Å². The van der Waals surface area contributed by atoms with E-state index in [1.54, 1.807) is 13.0 Å².